The number of nitrogens with zero attached hydrogens (tertiary/aromatic N) is 1. The summed E-state index contributed by atoms with van der Waals surface area (Å²) in [5, 5.41) is 3.54. The van der Waals surface area contributed by atoms with Gasteiger partial charge in [0.1, 0.15) is 5.82 Å². The van der Waals surface area contributed by atoms with Crippen molar-refractivity contribution in [1.82, 2.24) is 15.3 Å². The Morgan fingerprint density at radius 1 is 1.40 bits per heavy atom. The molecule has 1 saturated heterocycles. The maximum Gasteiger partial charge on any atom is 0.107 e. The van der Waals surface area contributed by atoms with Gasteiger partial charge in [0.25, 0.3) is 0 Å². The highest BCUT2D eigenvalue weighted by Gasteiger charge is 2.14. The number of benzene rings is 1. The van der Waals surface area contributed by atoms with Gasteiger partial charge in [-0.3, -0.25) is 0 Å². The van der Waals surface area contributed by atoms with Gasteiger partial charge in [0.2, 0.25) is 0 Å². The largest absolute Gasteiger partial charge is 0.380 e. The van der Waals surface area contributed by atoms with Crippen LogP contribution in [0.3, 0.4) is 0 Å². The van der Waals surface area contributed by atoms with Gasteiger partial charge in [0, 0.05) is 19.1 Å². The number of aromatic amines is 1. The number of aryl methyl sites for hydroxylation is 3. The first-order valence-corrected chi connectivity index (χ1v) is 7.50. The minimum Gasteiger partial charge on any atom is -0.380 e. The molecular formula is C16H23N3O. The Hall–Kier alpha value is -1.39. The fourth-order valence-corrected chi connectivity index (χ4v) is 2.74. The van der Waals surface area contributed by atoms with Gasteiger partial charge < -0.3 is 15.0 Å². The molecule has 1 aromatic carbocycles. The number of aromatic nitrogens is 2. The number of rotatable bonds is 5. The van der Waals surface area contributed by atoms with Crippen LogP contribution in [0.5, 0.6) is 0 Å². The van der Waals surface area contributed by atoms with E-state index in [1.54, 1.807) is 0 Å². The first-order chi connectivity index (χ1) is 9.74. The number of fused-ring (bicyclic) bond motifs is 1. The van der Waals surface area contributed by atoms with Gasteiger partial charge in [-0.25, -0.2) is 4.98 Å². The molecule has 2 N–H and O–H groups in total. The van der Waals surface area contributed by atoms with Crippen LogP contribution in [-0.4, -0.2) is 35.8 Å². The third kappa shape index (κ3) is 2.86. The van der Waals surface area contributed by atoms with Crippen LogP contribution in [0, 0.1) is 13.8 Å². The van der Waals surface area contributed by atoms with E-state index in [0.717, 1.165) is 55.9 Å². The molecule has 2 heterocycles. The molecule has 0 bridgehead atoms. The summed E-state index contributed by atoms with van der Waals surface area (Å²) in [7, 11) is 0. The van der Waals surface area contributed by atoms with Crippen LogP contribution in [-0.2, 0) is 11.2 Å². The van der Waals surface area contributed by atoms with Gasteiger partial charge in [-0.2, -0.15) is 0 Å². The Balaban J connectivity index is 1.56. The molecule has 0 spiro atoms. The van der Waals surface area contributed by atoms with Gasteiger partial charge in [0.15, 0.2) is 0 Å². The van der Waals surface area contributed by atoms with Crippen molar-refractivity contribution in [2.45, 2.75) is 39.2 Å². The number of H-pyrrole nitrogens is 1. The fourth-order valence-electron chi connectivity index (χ4n) is 2.74. The number of ether oxygens (including phenoxy) is 1. The SMILES string of the molecule is Cc1ccc2[nH]c(CCCN[C@H]3CCOC3)nc2c1C. The van der Waals surface area contributed by atoms with Crippen LogP contribution in [0.1, 0.15) is 29.8 Å². The van der Waals surface area contributed by atoms with Crippen molar-refractivity contribution in [2.24, 2.45) is 0 Å². The predicted molar refractivity (Wildman–Crippen MR) is 81.1 cm³/mol. The molecular weight excluding hydrogens is 250 g/mol. The lowest BCUT2D eigenvalue weighted by atomic mass is 10.1. The summed E-state index contributed by atoms with van der Waals surface area (Å²) >= 11 is 0. The second kappa shape index (κ2) is 5.94. The molecule has 1 aromatic heterocycles. The van der Waals surface area contributed by atoms with Gasteiger partial charge in [0.05, 0.1) is 17.6 Å². The van der Waals surface area contributed by atoms with Crippen LogP contribution >= 0.6 is 0 Å². The van der Waals surface area contributed by atoms with Crippen LogP contribution in [0.2, 0.25) is 0 Å². The smallest absolute Gasteiger partial charge is 0.107 e. The minimum atomic E-state index is 0.551. The zero-order valence-electron chi connectivity index (χ0n) is 12.3. The number of imidazole rings is 1. The molecule has 108 valence electrons. The summed E-state index contributed by atoms with van der Waals surface area (Å²) in [6.07, 6.45) is 3.24. The molecule has 4 heteroatoms. The molecule has 0 aliphatic carbocycles. The van der Waals surface area contributed by atoms with Crippen molar-refractivity contribution in [3.05, 3.63) is 29.1 Å². The summed E-state index contributed by atoms with van der Waals surface area (Å²) < 4.78 is 5.36. The van der Waals surface area contributed by atoms with Crippen molar-refractivity contribution in [1.29, 1.82) is 0 Å². The molecule has 0 saturated carbocycles. The molecule has 20 heavy (non-hydrogen) atoms. The minimum absolute atomic E-state index is 0.551. The van der Waals surface area contributed by atoms with Gasteiger partial charge >= 0.3 is 0 Å². The average Bonchev–Trinajstić information content (AvgIpc) is 3.08. The van der Waals surface area contributed by atoms with Crippen LogP contribution in [0.4, 0.5) is 0 Å². The number of hydrogen-bond acceptors (Lipinski definition) is 3. The molecule has 3 rings (SSSR count). The molecule has 1 aliphatic heterocycles. The first-order valence-electron chi connectivity index (χ1n) is 7.50. The second-order valence-electron chi connectivity index (χ2n) is 5.71. The quantitative estimate of drug-likeness (QED) is 0.823. The third-order valence-corrected chi connectivity index (χ3v) is 4.18. The molecule has 1 aliphatic rings. The predicted octanol–water partition coefficient (Wildman–Crippen LogP) is 2.49. The Morgan fingerprint density at radius 3 is 3.10 bits per heavy atom. The van der Waals surface area contributed by atoms with Crippen molar-refractivity contribution in [3.8, 4) is 0 Å². The van der Waals surface area contributed by atoms with E-state index in [0.29, 0.717) is 6.04 Å². The maximum atomic E-state index is 5.36. The molecule has 1 atom stereocenters. The lowest BCUT2D eigenvalue weighted by Crippen LogP contribution is -2.30. The zero-order chi connectivity index (χ0) is 13.9. The van der Waals surface area contributed by atoms with Crippen molar-refractivity contribution < 1.29 is 4.74 Å². The van der Waals surface area contributed by atoms with Crippen LogP contribution < -0.4 is 5.32 Å². The topological polar surface area (TPSA) is 49.9 Å². The maximum absolute atomic E-state index is 5.36. The standard InChI is InChI=1S/C16H23N3O/c1-11-5-6-14-16(12(11)2)19-15(18-14)4-3-8-17-13-7-9-20-10-13/h5-6,13,17H,3-4,7-10H2,1-2H3,(H,18,19)/t13-/m0/s1. The van der Waals surface area contributed by atoms with E-state index in [-0.39, 0.29) is 0 Å². The summed E-state index contributed by atoms with van der Waals surface area (Å²) in [6, 6.07) is 4.83. The Kier molecular flexibility index (Phi) is 4.03. The normalized spacial score (nSPS) is 19.0. The highest BCUT2D eigenvalue weighted by Crippen LogP contribution is 2.19. The molecule has 4 nitrogen and oxygen atoms in total. The van der Waals surface area contributed by atoms with E-state index >= 15 is 0 Å². The van der Waals surface area contributed by atoms with E-state index in [2.05, 4.69) is 36.3 Å². The second-order valence-corrected chi connectivity index (χ2v) is 5.71. The zero-order valence-corrected chi connectivity index (χ0v) is 12.3. The monoisotopic (exact) mass is 273 g/mol. The van der Waals surface area contributed by atoms with E-state index in [1.165, 1.54) is 11.1 Å². The van der Waals surface area contributed by atoms with E-state index in [1.807, 2.05) is 0 Å². The first kappa shape index (κ1) is 13.6. The lowest BCUT2D eigenvalue weighted by molar-refractivity contribution is 0.190. The lowest BCUT2D eigenvalue weighted by Gasteiger charge is -2.09. The van der Waals surface area contributed by atoms with Crippen LogP contribution in [0.15, 0.2) is 12.1 Å². The number of hydrogen-bond donors (Lipinski definition) is 2. The molecule has 2 aromatic rings. The third-order valence-electron chi connectivity index (χ3n) is 4.18. The van der Waals surface area contributed by atoms with E-state index < -0.39 is 0 Å². The Morgan fingerprint density at radius 2 is 2.30 bits per heavy atom. The Labute approximate surface area is 119 Å². The highest BCUT2D eigenvalue weighted by molar-refractivity contribution is 5.79. The fraction of sp³-hybridized carbons (Fsp3) is 0.562. The summed E-state index contributed by atoms with van der Waals surface area (Å²) in [5.74, 6) is 1.10. The summed E-state index contributed by atoms with van der Waals surface area (Å²) in [5.41, 5.74) is 4.86. The molecule has 0 radical (unpaired) electrons. The van der Waals surface area contributed by atoms with Gasteiger partial charge in [-0.1, -0.05) is 6.07 Å². The molecule has 1 fully saturated rings. The number of nitrogens with one attached hydrogen (secondary N) is 2. The van der Waals surface area contributed by atoms with Gasteiger partial charge in [-0.15, -0.1) is 0 Å². The average molecular weight is 273 g/mol. The highest BCUT2D eigenvalue weighted by atomic mass is 16.5. The van der Waals surface area contributed by atoms with Crippen molar-refractivity contribution in [3.63, 3.8) is 0 Å². The van der Waals surface area contributed by atoms with Crippen molar-refractivity contribution >= 4 is 11.0 Å². The van der Waals surface area contributed by atoms with E-state index in [9.17, 15) is 0 Å². The summed E-state index contributed by atoms with van der Waals surface area (Å²) in [6.45, 7) is 7.08. The summed E-state index contributed by atoms with van der Waals surface area (Å²) in [4.78, 5) is 8.16. The Bertz CT molecular complexity index is 585. The van der Waals surface area contributed by atoms with E-state index in [4.69, 9.17) is 9.72 Å². The van der Waals surface area contributed by atoms with Crippen LogP contribution in [0.25, 0.3) is 11.0 Å². The van der Waals surface area contributed by atoms with Gasteiger partial charge in [-0.05, 0) is 50.4 Å². The molecule has 0 amide bonds. The van der Waals surface area contributed by atoms with Crippen molar-refractivity contribution in [2.75, 3.05) is 19.8 Å². The molecule has 0 unspecified atom stereocenters.